The third kappa shape index (κ3) is 7.07. The predicted molar refractivity (Wildman–Crippen MR) is 199 cm³/mol. The minimum atomic E-state index is -1.40. The summed E-state index contributed by atoms with van der Waals surface area (Å²) < 4.78 is 2.25. The van der Waals surface area contributed by atoms with Gasteiger partial charge in [0, 0.05) is 43.0 Å². The molecule has 0 radical (unpaired) electrons. The number of carboxylic acid groups (broad SMARTS) is 1. The summed E-state index contributed by atoms with van der Waals surface area (Å²) in [6.45, 7) is 8.54. The Morgan fingerprint density at radius 3 is 2.45 bits per heavy atom. The molecule has 0 aliphatic carbocycles. The first kappa shape index (κ1) is 38.1. The van der Waals surface area contributed by atoms with E-state index in [1.807, 2.05) is 11.5 Å². The smallest absolute Gasteiger partial charge is 0.352 e. The number of nitrogen functional groups attached to an aromatic ring is 1. The number of carbonyl (C=O) groups excluding carboxylic acids is 3. The van der Waals surface area contributed by atoms with Gasteiger partial charge in [0.25, 0.3) is 11.8 Å². The van der Waals surface area contributed by atoms with Gasteiger partial charge in [-0.1, -0.05) is 28.1 Å². The summed E-state index contributed by atoms with van der Waals surface area (Å²) in [4.78, 5) is 76.6. The highest BCUT2D eigenvalue weighted by Crippen LogP contribution is 2.42. The van der Waals surface area contributed by atoms with Crippen molar-refractivity contribution >= 4 is 80.0 Å². The number of anilines is 1. The number of carbonyl (C=O) groups is 4. The maximum atomic E-state index is 13.7. The highest BCUT2D eigenvalue weighted by molar-refractivity contribution is 8.00. The van der Waals surface area contributed by atoms with E-state index in [1.54, 1.807) is 6.20 Å². The molecule has 2 atom stereocenters. The molecule has 282 valence electrons. The molecular formula is C34H39ClN7O9S2+. The van der Waals surface area contributed by atoms with E-state index in [2.05, 4.69) is 15.5 Å². The van der Waals surface area contributed by atoms with Crippen LogP contribution in [0, 0.1) is 0 Å². The number of aromatic nitrogens is 2. The van der Waals surface area contributed by atoms with Crippen LogP contribution in [-0.4, -0.2) is 106 Å². The van der Waals surface area contributed by atoms with Crippen LogP contribution in [0.3, 0.4) is 0 Å². The number of hydrogen-bond donors (Lipinski definition) is 5. The number of fused-ring (bicyclic) bond motifs is 2. The van der Waals surface area contributed by atoms with Crippen LogP contribution in [0.1, 0.15) is 51.8 Å². The number of aliphatic carboxylic acids is 1. The first-order valence-electron chi connectivity index (χ1n) is 16.8. The molecule has 2 amide bonds. The van der Waals surface area contributed by atoms with Crippen LogP contribution >= 0.6 is 34.7 Å². The number of likely N-dealkylation sites (tertiary alicyclic amines) is 1. The van der Waals surface area contributed by atoms with Crippen molar-refractivity contribution in [3.05, 3.63) is 55.4 Å². The number of halogens is 1. The molecule has 6 N–H and O–H groups in total. The van der Waals surface area contributed by atoms with Gasteiger partial charge in [0.2, 0.25) is 0 Å². The zero-order chi connectivity index (χ0) is 38.6. The van der Waals surface area contributed by atoms with Crippen LogP contribution in [-0.2, 0) is 37.1 Å². The largest absolute Gasteiger partial charge is 0.504 e. The van der Waals surface area contributed by atoms with E-state index in [9.17, 15) is 39.3 Å². The molecule has 0 spiro atoms. The molecular weight excluding hydrogens is 750 g/mol. The fourth-order valence-corrected chi connectivity index (χ4v) is 9.15. The van der Waals surface area contributed by atoms with E-state index in [1.165, 1.54) is 49.6 Å². The number of nitrogens with zero attached hydrogens (tertiary/aromatic N) is 5. The Balaban J connectivity index is 1.27. The van der Waals surface area contributed by atoms with Gasteiger partial charge >= 0.3 is 5.97 Å². The Morgan fingerprint density at radius 1 is 1.17 bits per heavy atom. The van der Waals surface area contributed by atoms with Gasteiger partial charge < -0.3 is 40.3 Å². The average Bonchev–Trinajstić information content (AvgIpc) is 3.70. The number of Topliss-reactive ketones (excluding diaryl/α,β-unsaturated/α-hetero) is 1. The lowest BCUT2D eigenvalue weighted by Crippen LogP contribution is -2.71. The molecule has 2 aromatic heterocycles. The third-order valence-corrected chi connectivity index (χ3v) is 12.4. The second-order valence-electron chi connectivity index (χ2n) is 13.8. The number of aromatic hydroxyl groups is 2. The van der Waals surface area contributed by atoms with Crippen LogP contribution in [0.15, 0.2) is 39.5 Å². The number of carboxylic acids is 1. The third-order valence-electron chi connectivity index (χ3n) is 9.93. The number of oxime groups is 1. The zero-order valence-electron chi connectivity index (χ0n) is 29.3. The minimum Gasteiger partial charge on any atom is -0.504 e. The van der Waals surface area contributed by atoms with Gasteiger partial charge in [0.15, 0.2) is 39.2 Å². The lowest BCUT2D eigenvalue weighted by atomic mass is 10.0. The number of thiazole rings is 1. The first-order valence-corrected chi connectivity index (χ1v) is 19.0. The number of thioether (sulfide) groups is 1. The number of rotatable bonds is 12. The highest BCUT2D eigenvalue weighted by Gasteiger charge is 2.55. The molecule has 19 heteroatoms. The quantitative estimate of drug-likeness (QED) is 0.0587. The lowest BCUT2D eigenvalue weighted by molar-refractivity contribution is -0.925. The van der Waals surface area contributed by atoms with Gasteiger partial charge in [-0.05, 0) is 33.8 Å². The molecule has 3 aliphatic heterocycles. The summed E-state index contributed by atoms with van der Waals surface area (Å²) in [5.74, 6) is -3.67. The number of pyridine rings is 1. The van der Waals surface area contributed by atoms with E-state index in [4.69, 9.17) is 22.2 Å². The zero-order valence-corrected chi connectivity index (χ0v) is 31.7. The normalized spacial score (nSPS) is 20.0. The Bertz CT molecular complexity index is 2170. The Labute approximate surface area is 316 Å². The molecule has 5 heterocycles. The number of ketones is 1. The molecule has 16 nitrogen and oxygen atoms in total. The maximum absolute atomic E-state index is 13.7. The minimum absolute atomic E-state index is 0.0312. The van der Waals surface area contributed by atoms with E-state index >= 15 is 0 Å². The number of phenolic OH excluding ortho intramolecular Hbond substituents is 2. The Hall–Kier alpha value is -4.65. The molecule has 1 unspecified atom stereocenters. The van der Waals surface area contributed by atoms with E-state index in [0.717, 1.165) is 24.2 Å². The molecule has 1 aromatic carbocycles. The number of nitrogens with two attached hydrogens (primary N) is 1. The number of benzene rings is 1. The number of amides is 2. The van der Waals surface area contributed by atoms with Gasteiger partial charge in [-0.2, -0.15) is 0 Å². The number of aryl methyl sites for hydroxylation is 1. The topological polar surface area (TPSA) is 227 Å². The standard InChI is InChI=1S/C34H38ClN7O9S2/c1-5-40-12-17(27(46)19-10-21(44)22(45)11-20(19)40)13-42(8-6-7-9-42)14-18-15-52-31-25(30(48)41(31)26(18)32(49)50)37-29(47)24(23-28(35)53-33(36)38-23)39-51-34(3,4)16(2)43/h10-12,25,31H,5-9,13-15H2,1-4H3,(H5-,36,37,38,39,44,45,46,47,49,50)/p+1/t25-,31?/m1/s1. The van der Waals surface area contributed by atoms with Crippen LogP contribution in [0.25, 0.3) is 10.9 Å². The number of nitrogens with one attached hydrogen (secondary N) is 1. The van der Waals surface area contributed by atoms with Crippen LogP contribution in [0.2, 0.25) is 4.34 Å². The highest BCUT2D eigenvalue weighted by atomic mass is 35.5. The summed E-state index contributed by atoms with van der Waals surface area (Å²) >= 11 is 8.48. The van der Waals surface area contributed by atoms with Crippen molar-refractivity contribution in [3.63, 3.8) is 0 Å². The summed E-state index contributed by atoms with van der Waals surface area (Å²) in [7, 11) is 0. The molecule has 2 fully saturated rings. The SMILES string of the molecule is CCn1cc(C[N+]2(CC3=C(C(=O)O)N4C(=O)[C@@H](NC(=O)/C(=N\OC(C)(C)C(C)=O)c5nc(N)sc5Cl)C4SC3)CCCC2)c(=O)c2cc(O)c(O)cc21. The van der Waals surface area contributed by atoms with Crippen molar-refractivity contribution in [1.82, 2.24) is 19.8 Å². The molecule has 3 aliphatic rings. The lowest BCUT2D eigenvalue weighted by Gasteiger charge is -2.50. The van der Waals surface area contributed by atoms with Gasteiger partial charge in [-0.25, -0.2) is 9.78 Å². The summed E-state index contributed by atoms with van der Waals surface area (Å²) in [6, 6.07) is 1.50. The molecule has 0 bridgehead atoms. The predicted octanol–water partition coefficient (Wildman–Crippen LogP) is 2.76. The second kappa shape index (κ2) is 14.3. The van der Waals surface area contributed by atoms with Gasteiger partial charge in [0.1, 0.15) is 40.2 Å². The van der Waals surface area contributed by atoms with E-state index in [-0.39, 0.29) is 55.5 Å². The van der Waals surface area contributed by atoms with Crippen LogP contribution in [0.4, 0.5) is 5.13 Å². The van der Waals surface area contributed by atoms with Gasteiger partial charge in [-0.3, -0.25) is 24.1 Å². The molecule has 2 saturated heterocycles. The van der Waals surface area contributed by atoms with E-state index < -0.39 is 46.3 Å². The van der Waals surface area contributed by atoms with Gasteiger partial charge in [-0.15, -0.1) is 11.8 Å². The summed E-state index contributed by atoms with van der Waals surface area (Å²) in [6.07, 6.45) is 3.47. The first-order chi connectivity index (χ1) is 25.0. The number of quaternary nitrogens is 1. The van der Waals surface area contributed by atoms with Gasteiger partial charge in [0.05, 0.1) is 29.6 Å². The average molecular weight is 789 g/mol. The molecule has 0 saturated carbocycles. The fraction of sp³-hybridized carbons (Fsp3) is 0.441. The number of hydrogen-bond acceptors (Lipinski definition) is 13. The van der Waals surface area contributed by atoms with Crippen molar-refractivity contribution in [1.29, 1.82) is 0 Å². The van der Waals surface area contributed by atoms with Crippen molar-refractivity contribution < 1.29 is 43.8 Å². The summed E-state index contributed by atoms with van der Waals surface area (Å²) in [5.41, 5.74) is 4.94. The van der Waals surface area contributed by atoms with Crippen LogP contribution in [0.5, 0.6) is 11.5 Å². The van der Waals surface area contributed by atoms with Crippen molar-refractivity contribution in [2.75, 3.05) is 31.1 Å². The van der Waals surface area contributed by atoms with Crippen molar-refractivity contribution in [2.45, 2.75) is 70.6 Å². The Morgan fingerprint density at radius 2 is 1.85 bits per heavy atom. The maximum Gasteiger partial charge on any atom is 0.352 e. The van der Waals surface area contributed by atoms with Crippen LogP contribution < -0.4 is 16.5 Å². The van der Waals surface area contributed by atoms with Crippen molar-refractivity contribution in [2.24, 2.45) is 5.16 Å². The number of phenols is 2. The second-order valence-corrected chi connectivity index (χ2v) is 16.6. The fourth-order valence-electron chi connectivity index (χ4n) is 6.89. The van der Waals surface area contributed by atoms with Crippen molar-refractivity contribution in [3.8, 4) is 11.5 Å². The molecule has 53 heavy (non-hydrogen) atoms. The molecule has 6 rings (SSSR count). The monoisotopic (exact) mass is 788 g/mol. The molecule has 3 aromatic rings. The van der Waals surface area contributed by atoms with E-state index in [0.29, 0.717) is 47.3 Å². The summed E-state index contributed by atoms with van der Waals surface area (Å²) in [5, 5.41) is 36.8. The number of β-lactam (4-membered cyclic amide) rings is 1. The Kier molecular flexibility index (Phi) is 10.3.